The molecule has 0 fully saturated rings. The van der Waals surface area contributed by atoms with Crippen molar-refractivity contribution < 1.29 is 13.2 Å². The maximum atomic E-state index is 13.5. The minimum Gasteiger partial charge on any atom is -0.378 e. The van der Waals surface area contributed by atoms with Gasteiger partial charge in [-0.05, 0) is 19.9 Å². The molecule has 0 unspecified atom stereocenters. The third-order valence-corrected chi connectivity index (χ3v) is 3.05. The number of halogens is 3. The van der Waals surface area contributed by atoms with Crippen LogP contribution in [0.25, 0.3) is 0 Å². The highest BCUT2D eigenvalue weighted by Gasteiger charge is 2.12. The SMILES string of the molecule is Cc1nn(C)c(C)c1NCc1cc(F)c(F)cc1F. The van der Waals surface area contributed by atoms with Gasteiger partial charge in [0.15, 0.2) is 11.6 Å². The summed E-state index contributed by atoms with van der Waals surface area (Å²) in [6.45, 7) is 3.75. The van der Waals surface area contributed by atoms with Gasteiger partial charge in [-0.15, -0.1) is 0 Å². The number of rotatable bonds is 3. The van der Waals surface area contributed by atoms with E-state index in [1.165, 1.54) is 0 Å². The van der Waals surface area contributed by atoms with Gasteiger partial charge < -0.3 is 5.32 Å². The van der Waals surface area contributed by atoms with E-state index in [1.54, 1.807) is 11.7 Å². The lowest BCUT2D eigenvalue weighted by Gasteiger charge is -2.08. The van der Waals surface area contributed by atoms with E-state index in [-0.39, 0.29) is 12.1 Å². The Morgan fingerprint density at radius 3 is 2.32 bits per heavy atom. The van der Waals surface area contributed by atoms with Crippen molar-refractivity contribution >= 4 is 5.69 Å². The molecule has 0 saturated heterocycles. The van der Waals surface area contributed by atoms with E-state index in [4.69, 9.17) is 0 Å². The summed E-state index contributed by atoms with van der Waals surface area (Å²) in [6, 6.07) is 1.41. The third-order valence-electron chi connectivity index (χ3n) is 3.05. The van der Waals surface area contributed by atoms with Crippen molar-refractivity contribution in [3.63, 3.8) is 0 Å². The summed E-state index contributed by atoms with van der Waals surface area (Å²) in [5.41, 5.74) is 2.50. The van der Waals surface area contributed by atoms with Crippen molar-refractivity contribution in [3.05, 3.63) is 46.5 Å². The molecule has 0 aliphatic carbocycles. The van der Waals surface area contributed by atoms with Crippen LogP contribution in [0.3, 0.4) is 0 Å². The molecule has 0 spiro atoms. The van der Waals surface area contributed by atoms with E-state index >= 15 is 0 Å². The molecule has 0 amide bonds. The molecular weight excluding hydrogens is 255 g/mol. The van der Waals surface area contributed by atoms with Crippen molar-refractivity contribution in [2.75, 3.05) is 5.32 Å². The zero-order valence-electron chi connectivity index (χ0n) is 10.9. The molecule has 19 heavy (non-hydrogen) atoms. The molecule has 0 bridgehead atoms. The predicted molar refractivity (Wildman–Crippen MR) is 66.3 cm³/mol. The van der Waals surface area contributed by atoms with E-state index in [9.17, 15) is 13.2 Å². The summed E-state index contributed by atoms with van der Waals surface area (Å²) in [5.74, 6) is -3.02. The second-order valence-electron chi connectivity index (χ2n) is 4.38. The Bertz CT molecular complexity index is 620. The van der Waals surface area contributed by atoms with E-state index in [1.807, 2.05) is 13.8 Å². The number of aryl methyl sites for hydroxylation is 2. The van der Waals surface area contributed by atoms with Gasteiger partial charge in [0, 0.05) is 25.2 Å². The number of aromatic nitrogens is 2. The number of hydrogen-bond acceptors (Lipinski definition) is 2. The van der Waals surface area contributed by atoms with Crippen LogP contribution in [0.5, 0.6) is 0 Å². The van der Waals surface area contributed by atoms with Gasteiger partial charge in [0.05, 0.1) is 17.1 Å². The second kappa shape index (κ2) is 4.95. The van der Waals surface area contributed by atoms with Crippen LogP contribution in [0.2, 0.25) is 0 Å². The molecule has 2 aromatic rings. The van der Waals surface area contributed by atoms with E-state index in [2.05, 4.69) is 10.4 Å². The highest BCUT2D eigenvalue weighted by atomic mass is 19.2. The molecular formula is C13H14F3N3. The Hall–Kier alpha value is -1.98. The number of anilines is 1. The van der Waals surface area contributed by atoms with Crippen molar-refractivity contribution in [1.82, 2.24) is 9.78 Å². The minimum absolute atomic E-state index is 0.0659. The molecule has 0 aliphatic rings. The zero-order valence-corrected chi connectivity index (χ0v) is 10.9. The number of nitrogens with one attached hydrogen (secondary N) is 1. The average Bonchev–Trinajstić information content (AvgIpc) is 2.57. The Labute approximate surface area is 109 Å². The van der Waals surface area contributed by atoms with Crippen molar-refractivity contribution in [1.29, 1.82) is 0 Å². The lowest BCUT2D eigenvalue weighted by Crippen LogP contribution is -2.05. The minimum atomic E-state index is -1.19. The van der Waals surface area contributed by atoms with Crippen LogP contribution in [0, 0.1) is 31.3 Å². The first kappa shape index (κ1) is 13.5. The van der Waals surface area contributed by atoms with Gasteiger partial charge in [0.25, 0.3) is 0 Å². The Balaban J connectivity index is 2.21. The number of benzene rings is 1. The molecule has 1 aromatic carbocycles. The standard InChI is InChI=1S/C13H14F3N3/c1-7-13(8(2)19(3)18-7)17-6-9-4-11(15)12(16)5-10(9)14/h4-5,17H,6H2,1-3H3. The van der Waals surface area contributed by atoms with Crippen LogP contribution in [0.15, 0.2) is 12.1 Å². The number of hydrogen-bond donors (Lipinski definition) is 1. The average molecular weight is 269 g/mol. The lowest BCUT2D eigenvalue weighted by atomic mass is 10.2. The van der Waals surface area contributed by atoms with E-state index in [0.29, 0.717) is 6.07 Å². The Morgan fingerprint density at radius 2 is 1.74 bits per heavy atom. The molecule has 0 saturated carbocycles. The monoisotopic (exact) mass is 269 g/mol. The maximum absolute atomic E-state index is 13.5. The van der Waals surface area contributed by atoms with Crippen molar-refractivity contribution in [2.45, 2.75) is 20.4 Å². The summed E-state index contributed by atoms with van der Waals surface area (Å²) in [6.07, 6.45) is 0. The van der Waals surface area contributed by atoms with Crippen LogP contribution in [0.4, 0.5) is 18.9 Å². The Kier molecular flexibility index (Phi) is 3.50. The van der Waals surface area contributed by atoms with Gasteiger partial charge >= 0.3 is 0 Å². The molecule has 3 nitrogen and oxygen atoms in total. The molecule has 2 rings (SSSR count). The molecule has 1 N–H and O–H groups in total. The van der Waals surface area contributed by atoms with E-state index in [0.717, 1.165) is 23.1 Å². The van der Waals surface area contributed by atoms with Gasteiger partial charge in [-0.25, -0.2) is 13.2 Å². The number of nitrogens with zero attached hydrogens (tertiary/aromatic N) is 2. The first-order valence-corrected chi connectivity index (χ1v) is 5.77. The van der Waals surface area contributed by atoms with Crippen molar-refractivity contribution in [2.24, 2.45) is 7.05 Å². The molecule has 102 valence electrons. The first-order valence-electron chi connectivity index (χ1n) is 5.77. The highest BCUT2D eigenvalue weighted by molar-refractivity contribution is 5.52. The molecule has 6 heteroatoms. The summed E-state index contributed by atoms with van der Waals surface area (Å²) < 4.78 is 41.0. The normalized spacial score (nSPS) is 10.8. The summed E-state index contributed by atoms with van der Waals surface area (Å²) >= 11 is 0. The topological polar surface area (TPSA) is 29.9 Å². The van der Waals surface area contributed by atoms with Gasteiger partial charge in [-0.2, -0.15) is 5.10 Å². The smallest absolute Gasteiger partial charge is 0.161 e. The summed E-state index contributed by atoms with van der Waals surface area (Å²) in [4.78, 5) is 0. The molecule has 0 atom stereocenters. The molecule has 0 aliphatic heterocycles. The van der Waals surface area contributed by atoms with Crippen LogP contribution < -0.4 is 5.32 Å². The quantitative estimate of drug-likeness (QED) is 0.868. The van der Waals surface area contributed by atoms with Gasteiger partial charge in [-0.1, -0.05) is 0 Å². The van der Waals surface area contributed by atoms with Gasteiger partial charge in [0.1, 0.15) is 5.82 Å². The summed E-state index contributed by atoms with van der Waals surface area (Å²) in [5, 5.41) is 7.20. The predicted octanol–water partition coefficient (Wildman–Crippen LogP) is 3.07. The first-order chi connectivity index (χ1) is 8.90. The fourth-order valence-electron chi connectivity index (χ4n) is 1.91. The van der Waals surface area contributed by atoms with Crippen molar-refractivity contribution in [3.8, 4) is 0 Å². The zero-order chi connectivity index (χ0) is 14.2. The second-order valence-corrected chi connectivity index (χ2v) is 4.38. The van der Waals surface area contributed by atoms with Crippen LogP contribution in [0.1, 0.15) is 17.0 Å². The summed E-state index contributed by atoms with van der Waals surface area (Å²) in [7, 11) is 1.80. The Morgan fingerprint density at radius 1 is 1.11 bits per heavy atom. The van der Waals surface area contributed by atoms with Crippen LogP contribution in [-0.2, 0) is 13.6 Å². The van der Waals surface area contributed by atoms with Gasteiger partial charge in [-0.3, -0.25) is 4.68 Å². The maximum Gasteiger partial charge on any atom is 0.161 e. The molecule has 0 radical (unpaired) electrons. The van der Waals surface area contributed by atoms with Gasteiger partial charge in [0.2, 0.25) is 0 Å². The largest absolute Gasteiger partial charge is 0.378 e. The molecule has 1 aromatic heterocycles. The lowest BCUT2D eigenvalue weighted by molar-refractivity contribution is 0.490. The highest BCUT2D eigenvalue weighted by Crippen LogP contribution is 2.20. The third kappa shape index (κ3) is 2.57. The van der Waals surface area contributed by atoms with Crippen LogP contribution in [-0.4, -0.2) is 9.78 Å². The fourth-order valence-corrected chi connectivity index (χ4v) is 1.91. The fraction of sp³-hybridized carbons (Fsp3) is 0.308. The van der Waals surface area contributed by atoms with Crippen LogP contribution >= 0.6 is 0 Å². The van der Waals surface area contributed by atoms with E-state index < -0.39 is 17.5 Å². The molecule has 1 heterocycles.